The van der Waals surface area contributed by atoms with Gasteiger partial charge in [-0.05, 0) is 54.1 Å². The summed E-state index contributed by atoms with van der Waals surface area (Å²) in [7, 11) is 0. The van der Waals surface area contributed by atoms with Crippen molar-refractivity contribution in [1.82, 2.24) is 0 Å². The third-order valence-electron chi connectivity index (χ3n) is 3.88. The second-order valence-electron chi connectivity index (χ2n) is 6.15. The molecule has 148 valence electrons. The molecule has 0 saturated heterocycles. The molecule has 0 heterocycles. The second-order valence-corrected chi connectivity index (χ2v) is 6.15. The molecule has 3 aromatic rings. The second kappa shape index (κ2) is 9.80. The van der Waals surface area contributed by atoms with Gasteiger partial charge in [-0.1, -0.05) is 30.3 Å². The summed E-state index contributed by atoms with van der Waals surface area (Å²) in [6, 6.07) is 22.9. The van der Waals surface area contributed by atoms with Crippen LogP contribution in [0, 0.1) is 0 Å². The van der Waals surface area contributed by atoms with Crippen LogP contribution in [0.3, 0.4) is 0 Å². The normalized spacial score (nSPS) is 10.1. The number of hydrogen-bond acceptors (Lipinski definition) is 4. The number of hydrogen-bond donors (Lipinski definition) is 3. The van der Waals surface area contributed by atoms with Crippen molar-refractivity contribution in [3.63, 3.8) is 0 Å². The number of rotatable bonds is 8. The van der Waals surface area contributed by atoms with Crippen molar-refractivity contribution < 1.29 is 19.1 Å². The fraction of sp³-hybridized carbons (Fsp3) is 0.0909. The SMILES string of the molecule is NC(=O)Nc1ccc(NC(=O)COc2ccc(OCc3ccccc3)cc2)cc1. The van der Waals surface area contributed by atoms with Crippen molar-refractivity contribution in [2.24, 2.45) is 5.73 Å². The molecule has 7 heteroatoms. The third kappa shape index (κ3) is 6.59. The molecule has 0 spiro atoms. The van der Waals surface area contributed by atoms with Crippen LogP contribution in [-0.4, -0.2) is 18.5 Å². The fourth-order valence-electron chi connectivity index (χ4n) is 2.50. The van der Waals surface area contributed by atoms with Crippen molar-refractivity contribution in [2.75, 3.05) is 17.2 Å². The quantitative estimate of drug-likeness (QED) is 0.544. The summed E-state index contributed by atoms with van der Waals surface area (Å²) in [6.07, 6.45) is 0. The molecule has 0 saturated carbocycles. The van der Waals surface area contributed by atoms with Crippen molar-refractivity contribution in [3.05, 3.63) is 84.4 Å². The van der Waals surface area contributed by atoms with E-state index in [1.54, 1.807) is 48.5 Å². The topological polar surface area (TPSA) is 103 Å². The van der Waals surface area contributed by atoms with Gasteiger partial charge < -0.3 is 25.8 Å². The van der Waals surface area contributed by atoms with E-state index in [0.717, 1.165) is 11.3 Å². The number of amides is 3. The Labute approximate surface area is 168 Å². The van der Waals surface area contributed by atoms with Gasteiger partial charge in [-0.15, -0.1) is 0 Å². The number of urea groups is 1. The maximum absolute atomic E-state index is 12.0. The average molecular weight is 391 g/mol. The lowest BCUT2D eigenvalue weighted by Crippen LogP contribution is -2.20. The molecule has 0 aliphatic rings. The molecular formula is C22H21N3O4. The number of anilines is 2. The average Bonchev–Trinajstić information content (AvgIpc) is 2.73. The van der Waals surface area contributed by atoms with Gasteiger partial charge in [0, 0.05) is 11.4 Å². The lowest BCUT2D eigenvalue weighted by atomic mass is 10.2. The highest BCUT2D eigenvalue weighted by molar-refractivity contribution is 5.92. The lowest BCUT2D eigenvalue weighted by molar-refractivity contribution is -0.118. The lowest BCUT2D eigenvalue weighted by Gasteiger charge is -2.10. The minimum absolute atomic E-state index is 0.133. The van der Waals surface area contributed by atoms with E-state index in [-0.39, 0.29) is 12.5 Å². The number of nitrogens with two attached hydrogens (primary N) is 1. The molecule has 4 N–H and O–H groups in total. The number of carbonyl (C=O) groups excluding carboxylic acids is 2. The molecule has 0 unspecified atom stereocenters. The van der Waals surface area contributed by atoms with Crippen LogP contribution in [0.2, 0.25) is 0 Å². The number of ether oxygens (including phenoxy) is 2. The monoisotopic (exact) mass is 391 g/mol. The van der Waals surface area contributed by atoms with Gasteiger partial charge in [0.15, 0.2) is 6.61 Å². The van der Waals surface area contributed by atoms with Crippen LogP contribution in [-0.2, 0) is 11.4 Å². The first-order chi connectivity index (χ1) is 14.1. The Balaban J connectivity index is 1.43. The Kier molecular flexibility index (Phi) is 6.67. The van der Waals surface area contributed by atoms with Gasteiger partial charge in [0.25, 0.3) is 5.91 Å². The van der Waals surface area contributed by atoms with Gasteiger partial charge in [-0.3, -0.25) is 4.79 Å². The Morgan fingerprint density at radius 2 is 1.28 bits per heavy atom. The van der Waals surface area contributed by atoms with Crippen LogP contribution in [0.25, 0.3) is 0 Å². The van der Waals surface area contributed by atoms with Crippen LogP contribution in [0.5, 0.6) is 11.5 Å². The highest BCUT2D eigenvalue weighted by Gasteiger charge is 2.05. The number of primary amides is 1. The molecule has 0 aromatic heterocycles. The van der Waals surface area contributed by atoms with Crippen LogP contribution in [0.4, 0.5) is 16.2 Å². The molecule has 3 aromatic carbocycles. The Hall–Kier alpha value is -4.00. The first-order valence-electron chi connectivity index (χ1n) is 8.94. The Bertz CT molecular complexity index is 942. The van der Waals surface area contributed by atoms with Crippen LogP contribution in [0.15, 0.2) is 78.9 Å². The molecule has 0 atom stereocenters. The summed E-state index contributed by atoms with van der Waals surface area (Å²) >= 11 is 0. The predicted molar refractivity (Wildman–Crippen MR) is 111 cm³/mol. The molecule has 0 bridgehead atoms. The van der Waals surface area contributed by atoms with E-state index in [0.29, 0.717) is 23.7 Å². The van der Waals surface area contributed by atoms with E-state index < -0.39 is 6.03 Å². The summed E-state index contributed by atoms with van der Waals surface area (Å²) in [5, 5.41) is 5.16. The van der Waals surface area contributed by atoms with E-state index in [4.69, 9.17) is 15.2 Å². The predicted octanol–water partition coefficient (Wildman–Crippen LogP) is 3.77. The van der Waals surface area contributed by atoms with Gasteiger partial charge in [0.2, 0.25) is 0 Å². The van der Waals surface area contributed by atoms with Crippen molar-refractivity contribution in [3.8, 4) is 11.5 Å². The highest BCUT2D eigenvalue weighted by Crippen LogP contribution is 2.19. The van der Waals surface area contributed by atoms with Gasteiger partial charge in [0.1, 0.15) is 18.1 Å². The smallest absolute Gasteiger partial charge is 0.316 e. The number of benzene rings is 3. The van der Waals surface area contributed by atoms with Gasteiger partial charge in [0.05, 0.1) is 0 Å². The molecule has 7 nitrogen and oxygen atoms in total. The van der Waals surface area contributed by atoms with Gasteiger partial charge >= 0.3 is 6.03 Å². The molecule has 3 amide bonds. The van der Waals surface area contributed by atoms with Gasteiger partial charge in [-0.25, -0.2) is 4.79 Å². The number of nitrogens with one attached hydrogen (secondary N) is 2. The minimum Gasteiger partial charge on any atom is -0.489 e. The third-order valence-corrected chi connectivity index (χ3v) is 3.88. The van der Waals surface area contributed by atoms with E-state index in [9.17, 15) is 9.59 Å². The molecular weight excluding hydrogens is 370 g/mol. The van der Waals surface area contributed by atoms with E-state index in [2.05, 4.69) is 10.6 Å². The zero-order valence-electron chi connectivity index (χ0n) is 15.6. The molecule has 0 aliphatic heterocycles. The molecule has 0 aliphatic carbocycles. The zero-order valence-corrected chi connectivity index (χ0v) is 15.6. The van der Waals surface area contributed by atoms with Crippen LogP contribution >= 0.6 is 0 Å². The Morgan fingerprint density at radius 3 is 1.86 bits per heavy atom. The van der Waals surface area contributed by atoms with Crippen molar-refractivity contribution in [1.29, 1.82) is 0 Å². The minimum atomic E-state index is -0.647. The molecule has 0 fully saturated rings. The highest BCUT2D eigenvalue weighted by atomic mass is 16.5. The van der Waals surface area contributed by atoms with Crippen LogP contribution < -0.4 is 25.8 Å². The fourth-order valence-corrected chi connectivity index (χ4v) is 2.50. The number of carbonyl (C=O) groups is 2. The van der Waals surface area contributed by atoms with Gasteiger partial charge in [-0.2, -0.15) is 0 Å². The molecule has 0 radical (unpaired) electrons. The first-order valence-corrected chi connectivity index (χ1v) is 8.94. The zero-order chi connectivity index (χ0) is 20.5. The molecule has 29 heavy (non-hydrogen) atoms. The molecule has 3 rings (SSSR count). The summed E-state index contributed by atoms with van der Waals surface area (Å²) < 4.78 is 11.2. The van der Waals surface area contributed by atoms with Crippen molar-refractivity contribution >= 4 is 23.3 Å². The maximum Gasteiger partial charge on any atom is 0.316 e. The largest absolute Gasteiger partial charge is 0.489 e. The maximum atomic E-state index is 12.0. The van der Waals surface area contributed by atoms with Crippen LogP contribution in [0.1, 0.15) is 5.56 Å². The standard InChI is InChI=1S/C22H21N3O4/c23-22(27)25-18-8-6-17(7-9-18)24-21(26)15-29-20-12-10-19(11-13-20)28-14-16-4-2-1-3-5-16/h1-13H,14-15H2,(H,24,26)(H3,23,25,27). The van der Waals surface area contributed by atoms with E-state index in [1.807, 2.05) is 30.3 Å². The Morgan fingerprint density at radius 1 is 0.724 bits per heavy atom. The first kappa shape index (κ1) is 19.8. The summed E-state index contributed by atoms with van der Waals surface area (Å²) in [5.74, 6) is 0.980. The summed E-state index contributed by atoms with van der Waals surface area (Å²) in [4.78, 5) is 22.8. The van der Waals surface area contributed by atoms with E-state index in [1.165, 1.54) is 0 Å². The summed E-state index contributed by atoms with van der Waals surface area (Å²) in [5.41, 5.74) is 7.26. The van der Waals surface area contributed by atoms with E-state index >= 15 is 0 Å². The summed E-state index contributed by atoms with van der Waals surface area (Å²) in [6.45, 7) is 0.350. The van der Waals surface area contributed by atoms with Crippen molar-refractivity contribution in [2.45, 2.75) is 6.61 Å².